The van der Waals surface area contributed by atoms with E-state index in [0.29, 0.717) is 36.3 Å². The topological polar surface area (TPSA) is 140 Å². The van der Waals surface area contributed by atoms with E-state index in [2.05, 4.69) is 10.6 Å². The van der Waals surface area contributed by atoms with Gasteiger partial charge < -0.3 is 25.0 Å². The van der Waals surface area contributed by atoms with E-state index >= 15 is 0 Å². The predicted octanol–water partition coefficient (Wildman–Crippen LogP) is 4.44. The molecule has 202 valence electrons. The maximum atomic E-state index is 13.2. The van der Waals surface area contributed by atoms with Crippen LogP contribution in [0, 0.1) is 17.0 Å². The number of nitro groups is 1. The van der Waals surface area contributed by atoms with E-state index in [9.17, 15) is 24.5 Å². The van der Waals surface area contributed by atoms with E-state index in [1.54, 1.807) is 50.8 Å². The monoisotopic (exact) mass is 524 g/mol. The van der Waals surface area contributed by atoms with Crippen LogP contribution in [0.25, 0.3) is 0 Å². The number of likely N-dealkylation sites (tertiary alicyclic amines) is 1. The second-order valence-corrected chi connectivity index (χ2v) is 10.6. The normalized spacial score (nSPS) is 17.1. The van der Waals surface area contributed by atoms with Crippen LogP contribution < -0.4 is 15.4 Å². The average molecular weight is 525 g/mol. The summed E-state index contributed by atoms with van der Waals surface area (Å²) in [5.41, 5.74) is 0.293. The molecule has 11 nitrogen and oxygen atoms in total. The van der Waals surface area contributed by atoms with E-state index in [1.807, 2.05) is 0 Å². The van der Waals surface area contributed by atoms with Crippen LogP contribution in [0.3, 0.4) is 0 Å². The molecule has 0 radical (unpaired) electrons. The summed E-state index contributed by atoms with van der Waals surface area (Å²) in [7, 11) is 0. The Labute approximate surface area is 220 Å². The number of ether oxygens (including phenoxy) is 2. The number of hydrogen-bond donors (Lipinski definition) is 2. The molecule has 1 aliphatic carbocycles. The Balaban J connectivity index is 1.48. The molecule has 1 atom stereocenters. The van der Waals surface area contributed by atoms with Gasteiger partial charge >= 0.3 is 6.09 Å². The van der Waals surface area contributed by atoms with Gasteiger partial charge in [0.25, 0.3) is 17.5 Å². The molecule has 2 aromatic carbocycles. The SMILES string of the molecule is Cc1ccc(C(=O)NC2CC2)cc1NC(=O)c1cc(O[C@@H]2CCN(C(=O)OC(C)(C)C)C2)ccc1[N+](=O)[O-]. The standard InChI is InChI=1S/C27H32N4O7/c1-16-5-6-17(24(32)28-18-7-8-18)13-22(16)29-25(33)21-14-19(9-10-23(21)31(35)36)37-20-11-12-30(15-20)26(34)38-27(2,3)4/h5-6,9-10,13-14,18,20H,7-8,11-12,15H2,1-4H3,(H,28,32)(H,29,33)/t20-/m1/s1. The van der Waals surface area contributed by atoms with E-state index in [0.717, 1.165) is 12.8 Å². The van der Waals surface area contributed by atoms with Gasteiger partial charge in [-0.05, 0) is 70.4 Å². The smallest absolute Gasteiger partial charge is 0.410 e. The number of nitrogens with one attached hydrogen (secondary N) is 2. The third-order valence-corrected chi connectivity index (χ3v) is 6.17. The van der Waals surface area contributed by atoms with Crippen molar-refractivity contribution >= 4 is 29.3 Å². The summed E-state index contributed by atoms with van der Waals surface area (Å²) in [6.45, 7) is 7.88. The summed E-state index contributed by atoms with van der Waals surface area (Å²) >= 11 is 0. The largest absolute Gasteiger partial charge is 0.488 e. The lowest BCUT2D eigenvalue weighted by Gasteiger charge is -2.24. The molecule has 0 bridgehead atoms. The summed E-state index contributed by atoms with van der Waals surface area (Å²) < 4.78 is 11.4. The molecule has 1 heterocycles. The van der Waals surface area contributed by atoms with Crippen molar-refractivity contribution in [2.75, 3.05) is 18.4 Å². The minimum atomic E-state index is -0.702. The van der Waals surface area contributed by atoms with E-state index in [1.165, 1.54) is 18.2 Å². The van der Waals surface area contributed by atoms with Crippen LogP contribution >= 0.6 is 0 Å². The fourth-order valence-electron chi connectivity index (χ4n) is 4.02. The summed E-state index contributed by atoms with van der Waals surface area (Å²) in [6, 6.07) is 9.09. The van der Waals surface area contributed by atoms with Gasteiger partial charge in [0.15, 0.2) is 0 Å². The number of benzene rings is 2. The zero-order valence-electron chi connectivity index (χ0n) is 21.9. The van der Waals surface area contributed by atoms with Gasteiger partial charge in [0.05, 0.1) is 11.5 Å². The van der Waals surface area contributed by atoms with Crippen molar-refractivity contribution in [1.29, 1.82) is 0 Å². The lowest BCUT2D eigenvalue weighted by molar-refractivity contribution is -0.385. The third-order valence-electron chi connectivity index (χ3n) is 6.17. The Bertz CT molecular complexity index is 1270. The van der Waals surface area contributed by atoms with Crippen molar-refractivity contribution in [2.24, 2.45) is 0 Å². The van der Waals surface area contributed by atoms with Gasteiger partial charge in [-0.25, -0.2) is 4.79 Å². The molecule has 11 heteroatoms. The van der Waals surface area contributed by atoms with Crippen molar-refractivity contribution in [1.82, 2.24) is 10.2 Å². The number of rotatable bonds is 7. The van der Waals surface area contributed by atoms with Crippen molar-refractivity contribution in [3.8, 4) is 5.75 Å². The molecule has 1 saturated carbocycles. The molecule has 0 aromatic heterocycles. The summed E-state index contributed by atoms with van der Waals surface area (Å²) in [4.78, 5) is 50.5. The molecule has 2 aliphatic rings. The second-order valence-electron chi connectivity index (χ2n) is 10.6. The highest BCUT2D eigenvalue weighted by atomic mass is 16.6. The summed E-state index contributed by atoms with van der Waals surface area (Å²) in [5, 5.41) is 17.3. The maximum absolute atomic E-state index is 13.2. The molecule has 2 N–H and O–H groups in total. The molecule has 4 rings (SSSR count). The first-order chi connectivity index (χ1) is 17.9. The molecular weight excluding hydrogens is 492 g/mol. The maximum Gasteiger partial charge on any atom is 0.410 e. The zero-order chi connectivity index (χ0) is 27.6. The minimum Gasteiger partial charge on any atom is -0.488 e. The van der Waals surface area contributed by atoms with Gasteiger partial charge in [0.1, 0.15) is 23.0 Å². The van der Waals surface area contributed by atoms with Crippen LogP contribution in [-0.4, -0.2) is 58.6 Å². The third kappa shape index (κ3) is 6.78. The number of nitrogens with zero attached hydrogens (tertiary/aromatic N) is 2. The Morgan fingerprint density at radius 2 is 1.79 bits per heavy atom. The lowest BCUT2D eigenvalue weighted by Crippen LogP contribution is -2.36. The molecular formula is C27H32N4O7. The Hall–Kier alpha value is -4.15. The molecule has 2 aromatic rings. The van der Waals surface area contributed by atoms with Crippen LogP contribution in [0.5, 0.6) is 5.75 Å². The van der Waals surface area contributed by atoms with Gasteiger partial charge in [-0.2, -0.15) is 0 Å². The number of amides is 3. The quantitative estimate of drug-likeness (QED) is 0.403. The molecule has 2 fully saturated rings. The van der Waals surface area contributed by atoms with E-state index in [-0.39, 0.29) is 35.1 Å². The molecule has 1 aliphatic heterocycles. The lowest BCUT2D eigenvalue weighted by atomic mass is 10.1. The fraction of sp³-hybridized carbons (Fsp3) is 0.444. The highest BCUT2D eigenvalue weighted by molar-refractivity contribution is 6.08. The van der Waals surface area contributed by atoms with E-state index in [4.69, 9.17) is 9.47 Å². The highest BCUT2D eigenvalue weighted by Gasteiger charge is 2.31. The minimum absolute atomic E-state index is 0.179. The van der Waals surface area contributed by atoms with Crippen molar-refractivity contribution in [3.63, 3.8) is 0 Å². The van der Waals surface area contributed by atoms with Gasteiger partial charge in [-0.3, -0.25) is 19.7 Å². The van der Waals surface area contributed by atoms with E-state index < -0.39 is 22.5 Å². The number of aryl methyl sites for hydroxylation is 1. The number of anilines is 1. The number of carbonyl (C=O) groups is 3. The fourth-order valence-corrected chi connectivity index (χ4v) is 4.02. The van der Waals surface area contributed by atoms with Gasteiger partial charge in [-0.15, -0.1) is 0 Å². The average Bonchev–Trinajstić information content (AvgIpc) is 3.52. The van der Waals surface area contributed by atoms with Gasteiger partial charge in [0, 0.05) is 36.3 Å². The molecule has 0 spiro atoms. The Kier molecular flexibility index (Phi) is 7.56. The molecule has 0 unspecified atom stereocenters. The Morgan fingerprint density at radius 1 is 1.05 bits per heavy atom. The predicted molar refractivity (Wildman–Crippen MR) is 140 cm³/mol. The first-order valence-electron chi connectivity index (χ1n) is 12.6. The first-order valence-corrected chi connectivity index (χ1v) is 12.6. The molecule has 3 amide bonds. The summed E-state index contributed by atoms with van der Waals surface area (Å²) in [6.07, 6.45) is 1.65. The molecule has 1 saturated heterocycles. The van der Waals surface area contributed by atoms with Crippen molar-refractivity contribution < 1.29 is 28.8 Å². The van der Waals surface area contributed by atoms with Crippen molar-refractivity contribution in [2.45, 2.75) is 64.7 Å². The Morgan fingerprint density at radius 3 is 2.45 bits per heavy atom. The van der Waals surface area contributed by atoms with Gasteiger partial charge in [0.2, 0.25) is 0 Å². The number of nitro benzene ring substituents is 1. The number of hydrogen-bond acceptors (Lipinski definition) is 7. The van der Waals surface area contributed by atoms with Crippen LogP contribution in [0.2, 0.25) is 0 Å². The van der Waals surface area contributed by atoms with Crippen LogP contribution in [-0.2, 0) is 4.74 Å². The molecule has 38 heavy (non-hydrogen) atoms. The van der Waals surface area contributed by atoms with Crippen LogP contribution in [0.4, 0.5) is 16.2 Å². The zero-order valence-corrected chi connectivity index (χ0v) is 21.9. The highest BCUT2D eigenvalue weighted by Crippen LogP contribution is 2.28. The number of carbonyl (C=O) groups excluding carboxylic acids is 3. The second kappa shape index (κ2) is 10.7. The van der Waals surface area contributed by atoms with Gasteiger partial charge in [-0.1, -0.05) is 6.07 Å². The van der Waals surface area contributed by atoms with Crippen LogP contribution in [0.15, 0.2) is 36.4 Å². The first kappa shape index (κ1) is 26.9. The van der Waals surface area contributed by atoms with Crippen LogP contribution in [0.1, 0.15) is 66.3 Å². The van der Waals surface area contributed by atoms with Crippen molar-refractivity contribution in [3.05, 3.63) is 63.2 Å². The summed E-state index contributed by atoms with van der Waals surface area (Å²) in [5.74, 6) is -0.667.